The molecule has 0 aliphatic heterocycles. The predicted molar refractivity (Wildman–Crippen MR) is 113 cm³/mol. The molecule has 139 valence electrons. The second-order valence-electron chi connectivity index (χ2n) is 7.92. The fraction of sp³-hybridized carbons (Fsp3) is 0.500. The third-order valence-corrected chi connectivity index (χ3v) is 6.12. The van der Waals surface area contributed by atoms with Gasteiger partial charge in [0.1, 0.15) is 0 Å². The van der Waals surface area contributed by atoms with Crippen LogP contribution in [0.25, 0.3) is 0 Å². The molecule has 0 amide bonds. The fourth-order valence-electron chi connectivity index (χ4n) is 4.64. The van der Waals surface area contributed by atoms with Gasteiger partial charge in [-0.25, -0.2) is 0 Å². The highest BCUT2D eigenvalue weighted by atomic mass is 14.3. The van der Waals surface area contributed by atoms with E-state index in [1.807, 2.05) is 0 Å². The molecule has 0 N–H and O–H groups in total. The van der Waals surface area contributed by atoms with Crippen LogP contribution in [0.4, 0.5) is 0 Å². The minimum atomic E-state index is 0.774. The van der Waals surface area contributed by atoms with Crippen LogP contribution in [0.1, 0.15) is 81.0 Å². The van der Waals surface area contributed by atoms with Gasteiger partial charge in [-0.15, -0.1) is 0 Å². The van der Waals surface area contributed by atoms with Gasteiger partial charge in [-0.05, 0) is 66.7 Å². The van der Waals surface area contributed by atoms with Crippen LogP contribution in [-0.2, 0) is 19.3 Å². The van der Waals surface area contributed by atoms with Crippen molar-refractivity contribution >= 4 is 0 Å². The van der Waals surface area contributed by atoms with Gasteiger partial charge < -0.3 is 0 Å². The number of unbranched alkanes of at least 4 members (excludes halogenated alkanes) is 1. The van der Waals surface area contributed by atoms with Crippen molar-refractivity contribution in [1.29, 1.82) is 0 Å². The van der Waals surface area contributed by atoms with E-state index in [9.17, 15) is 0 Å². The van der Waals surface area contributed by atoms with E-state index in [0.717, 1.165) is 18.8 Å². The van der Waals surface area contributed by atoms with Gasteiger partial charge >= 0.3 is 0 Å². The number of aryl methyl sites for hydroxylation is 1. The van der Waals surface area contributed by atoms with Crippen molar-refractivity contribution in [2.45, 2.75) is 78.1 Å². The molecule has 0 bridgehead atoms. The second kappa shape index (κ2) is 9.95. The van der Waals surface area contributed by atoms with Crippen molar-refractivity contribution in [2.75, 3.05) is 0 Å². The van der Waals surface area contributed by atoms with Crippen LogP contribution >= 0.6 is 0 Å². The number of benzene rings is 2. The molecule has 0 heterocycles. The Morgan fingerprint density at radius 2 is 1.65 bits per heavy atom. The zero-order valence-electron chi connectivity index (χ0n) is 16.8. The van der Waals surface area contributed by atoms with Gasteiger partial charge in [-0.2, -0.15) is 0 Å². The molecule has 1 fully saturated rings. The monoisotopic (exact) mass is 347 g/mol. The average molecular weight is 348 g/mol. The fourth-order valence-corrected chi connectivity index (χ4v) is 4.64. The molecule has 1 saturated carbocycles. The quantitative estimate of drug-likeness (QED) is 0.468. The number of hydrogen-bond donors (Lipinski definition) is 0. The highest BCUT2D eigenvalue weighted by Gasteiger charge is 2.28. The Balaban J connectivity index is 1.97. The summed E-state index contributed by atoms with van der Waals surface area (Å²) in [6.07, 6.45) is 13.1. The maximum Gasteiger partial charge on any atom is 0.0127 e. The van der Waals surface area contributed by atoms with E-state index in [0.29, 0.717) is 0 Å². The van der Waals surface area contributed by atoms with Crippen molar-refractivity contribution in [2.24, 2.45) is 5.92 Å². The third kappa shape index (κ3) is 4.78. The molecule has 1 radical (unpaired) electrons. The molecule has 2 aromatic rings. The molecule has 1 aliphatic carbocycles. The lowest BCUT2D eigenvalue weighted by Gasteiger charge is -2.32. The van der Waals surface area contributed by atoms with E-state index < -0.39 is 0 Å². The van der Waals surface area contributed by atoms with Crippen LogP contribution in [0, 0.1) is 11.8 Å². The van der Waals surface area contributed by atoms with Crippen LogP contribution in [0.2, 0.25) is 0 Å². The predicted octanol–water partition coefficient (Wildman–Crippen LogP) is 7.34. The van der Waals surface area contributed by atoms with Gasteiger partial charge in [-0.1, -0.05) is 88.1 Å². The lowest BCUT2D eigenvalue weighted by Crippen LogP contribution is -2.21. The minimum absolute atomic E-state index is 0.774. The van der Waals surface area contributed by atoms with Gasteiger partial charge in [0.05, 0.1) is 0 Å². The van der Waals surface area contributed by atoms with E-state index in [1.54, 1.807) is 22.6 Å². The van der Waals surface area contributed by atoms with E-state index >= 15 is 0 Å². The third-order valence-electron chi connectivity index (χ3n) is 6.12. The highest BCUT2D eigenvalue weighted by molar-refractivity contribution is 5.46. The Morgan fingerprint density at radius 3 is 2.35 bits per heavy atom. The summed E-state index contributed by atoms with van der Waals surface area (Å²) in [6, 6.07) is 18.2. The topological polar surface area (TPSA) is 0 Å². The average Bonchev–Trinajstić information content (AvgIpc) is 2.71. The Bertz CT molecular complexity index is 649. The van der Waals surface area contributed by atoms with Crippen LogP contribution in [0.5, 0.6) is 0 Å². The van der Waals surface area contributed by atoms with Crippen molar-refractivity contribution in [3.8, 4) is 0 Å². The first-order chi connectivity index (χ1) is 12.8. The van der Waals surface area contributed by atoms with Crippen LogP contribution in [0.15, 0.2) is 48.5 Å². The SMILES string of the molecule is CCCCc1c(CC)cccc1[C](Cc1ccccc1)C1CCCCC1. The second-order valence-corrected chi connectivity index (χ2v) is 7.92. The van der Waals surface area contributed by atoms with Gasteiger partial charge in [0.15, 0.2) is 0 Å². The Hall–Kier alpha value is -1.56. The molecule has 0 aromatic heterocycles. The summed E-state index contributed by atoms with van der Waals surface area (Å²) in [5.74, 6) is 2.49. The van der Waals surface area contributed by atoms with E-state index in [-0.39, 0.29) is 0 Å². The van der Waals surface area contributed by atoms with Gasteiger partial charge in [-0.3, -0.25) is 0 Å². The summed E-state index contributed by atoms with van der Waals surface area (Å²) in [5, 5.41) is 0. The summed E-state index contributed by atoms with van der Waals surface area (Å²) < 4.78 is 0. The van der Waals surface area contributed by atoms with E-state index in [1.165, 1.54) is 56.9 Å². The first-order valence-electron chi connectivity index (χ1n) is 10.8. The summed E-state index contributed by atoms with van der Waals surface area (Å²) >= 11 is 0. The number of rotatable bonds is 8. The highest BCUT2D eigenvalue weighted by Crippen LogP contribution is 2.39. The zero-order chi connectivity index (χ0) is 18.2. The summed E-state index contributed by atoms with van der Waals surface area (Å²) in [6.45, 7) is 4.62. The first kappa shape index (κ1) is 19.2. The lowest BCUT2D eigenvalue weighted by molar-refractivity contribution is 0.370. The molecular weight excluding hydrogens is 312 g/mol. The summed E-state index contributed by atoms with van der Waals surface area (Å²) in [7, 11) is 0. The Morgan fingerprint density at radius 1 is 0.885 bits per heavy atom. The Labute approximate surface area is 161 Å². The standard InChI is InChI=1S/C26H35/c1-3-5-18-24-22(4-2)17-12-19-25(24)26(23-15-10-7-11-16-23)20-21-13-8-6-9-14-21/h6,8-9,12-14,17,19,23H,3-5,7,10-11,15-16,18,20H2,1-2H3. The largest absolute Gasteiger partial charge is 0.0654 e. The molecule has 0 nitrogen and oxygen atoms in total. The van der Waals surface area contributed by atoms with Crippen LogP contribution in [0.3, 0.4) is 0 Å². The van der Waals surface area contributed by atoms with Crippen molar-refractivity contribution in [3.05, 3.63) is 76.7 Å². The van der Waals surface area contributed by atoms with E-state index in [4.69, 9.17) is 0 Å². The molecule has 0 atom stereocenters. The molecule has 26 heavy (non-hydrogen) atoms. The van der Waals surface area contributed by atoms with Crippen molar-refractivity contribution < 1.29 is 0 Å². The maximum absolute atomic E-state index is 2.43. The molecule has 1 aliphatic rings. The molecule has 2 aromatic carbocycles. The van der Waals surface area contributed by atoms with Gasteiger partial charge in [0, 0.05) is 5.92 Å². The Kier molecular flexibility index (Phi) is 7.35. The van der Waals surface area contributed by atoms with Crippen molar-refractivity contribution in [1.82, 2.24) is 0 Å². The zero-order valence-corrected chi connectivity index (χ0v) is 16.8. The maximum atomic E-state index is 2.43. The molecule has 0 heteroatoms. The first-order valence-corrected chi connectivity index (χ1v) is 10.8. The van der Waals surface area contributed by atoms with E-state index in [2.05, 4.69) is 62.4 Å². The number of hydrogen-bond acceptors (Lipinski definition) is 0. The lowest BCUT2D eigenvalue weighted by atomic mass is 9.72. The molecule has 0 unspecified atom stereocenters. The van der Waals surface area contributed by atoms with Gasteiger partial charge in [0.2, 0.25) is 0 Å². The van der Waals surface area contributed by atoms with Crippen LogP contribution < -0.4 is 0 Å². The normalized spacial score (nSPS) is 15.5. The molecule has 0 saturated heterocycles. The van der Waals surface area contributed by atoms with Gasteiger partial charge in [0.25, 0.3) is 0 Å². The molecule has 3 rings (SSSR count). The van der Waals surface area contributed by atoms with Crippen molar-refractivity contribution in [3.63, 3.8) is 0 Å². The molecule has 0 spiro atoms. The molecular formula is C26H35. The minimum Gasteiger partial charge on any atom is -0.0654 e. The smallest absolute Gasteiger partial charge is 0.0127 e. The summed E-state index contributed by atoms with van der Waals surface area (Å²) in [5.41, 5.74) is 6.27. The van der Waals surface area contributed by atoms with Crippen LogP contribution in [-0.4, -0.2) is 0 Å². The summed E-state index contributed by atoms with van der Waals surface area (Å²) in [4.78, 5) is 0.